The molecule has 24 heavy (non-hydrogen) atoms. The summed E-state index contributed by atoms with van der Waals surface area (Å²) in [5.41, 5.74) is 6.15. The van der Waals surface area contributed by atoms with Crippen molar-refractivity contribution in [3.05, 3.63) is 58.9 Å². The van der Waals surface area contributed by atoms with Gasteiger partial charge in [0.1, 0.15) is 17.3 Å². The highest BCUT2D eigenvalue weighted by atomic mass is 19.1. The molecule has 1 aromatic heterocycles. The number of H-pyrrole nitrogens is 1. The van der Waals surface area contributed by atoms with Gasteiger partial charge in [0.15, 0.2) is 5.78 Å². The van der Waals surface area contributed by atoms with E-state index in [0.717, 1.165) is 0 Å². The Hall–Kier alpha value is -2.58. The van der Waals surface area contributed by atoms with Crippen molar-refractivity contribution in [1.29, 1.82) is 0 Å². The number of aromatic nitrogens is 1. The lowest BCUT2D eigenvalue weighted by molar-refractivity contribution is 0.0927. The number of carbonyl (C=O) groups is 2. The molecule has 1 fully saturated rings. The van der Waals surface area contributed by atoms with Gasteiger partial charge in [-0.05, 0) is 25.1 Å². The summed E-state index contributed by atoms with van der Waals surface area (Å²) < 4.78 is 27.6. The number of rotatable bonds is 4. The highest BCUT2D eigenvalue weighted by Gasteiger charge is 2.30. The molecule has 0 spiro atoms. The van der Waals surface area contributed by atoms with Gasteiger partial charge in [-0.1, -0.05) is 6.07 Å². The van der Waals surface area contributed by atoms with Crippen LogP contribution in [0.25, 0.3) is 0 Å². The number of amides is 1. The summed E-state index contributed by atoms with van der Waals surface area (Å²) in [5.74, 6) is -1.86. The van der Waals surface area contributed by atoms with E-state index in [-0.39, 0.29) is 23.5 Å². The van der Waals surface area contributed by atoms with Crippen LogP contribution in [0.4, 0.5) is 8.78 Å². The Labute approximate surface area is 136 Å². The fraction of sp³-hybridized carbons (Fsp3) is 0.250. The number of halogens is 2. The van der Waals surface area contributed by atoms with Crippen molar-refractivity contribution in [2.24, 2.45) is 0 Å². The molecule has 2 atom stereocenters. The summed E-state index contributed by atoms with van der Waals surface area (Å²) in [7, 11) is 0. The predicted molar refractivity (Wildman–Crippen MR) is 82.0 cm³/mol. The maximum Gasteiger partial charge on any atom is 0.268 e. The van der Waals surface area contributed by atoms with Crippen molar-refractivity contribution in [3.63, 3.8) is 0 Å². The van der Waals surface area contributed by atoms with E-state index in [1.54, 1.807) is 0 Å². The molecule has 0 bridgehead atoms. The fourth-order valence-corrected chi connectivity index (χ4v) is 2.65. The lowest BCUT2D eigenvalue weighted by Gasteiger charge is -2.12. The van der Waals surface area contributed by atoms with Gasteiger partial charge in [0, 0.05) is 23.7 Å². The molecule has 1 aromatic carbocycles. The first kappa shape index (κ1) is 16.3. The van der Waals surface area contributed by atoms with Crippen molar-refractivity contribution in [2.75, 3.05) is 0 Å². The predicted octanol–water partition coefficient (Wildman–Crippen LogP) is 1.79. The van der Waals surface area contributed by atoms with Gasteiger partial charge in [-0.2, -0.15) is 0 Å². The van der Waals surface area contributed by atoms with E-state index in [2.05, 4.69) is 21.2 Å². The summed E-state index contributed by atoms with van der Waals surface area (Å²) in [5, 5.41) is 2.69. The van der Waals surface area contributed by atoms with Crippen LogP contribution >= 0.6 is 0 Å². The van der Waals surface area contributed by atoms with Crippen LogP contribution in [0.1, 0.15) is 45.8 Å². The third-order valence-corrected chi connectivity index (χ3v) is 3.89. The van der Waals surface area contributed by atoms with Crippen molar-refractivity contribution >= 4 is 11.7 Å². The zero-order valence-electron chi connectivity index (χ0n) is 12.8. The number of aromatic amines is 1. The molecule has 2 heterocycles. The summed E-state index contributed by atoms with van der Waals surface area (Å²) in [6, 6.07) is 4.53. The number of ketones is 1. The van der Waals surface area contributed by atoms with E-state index in [4.69, 9.17) is 0 Å². The van der Waals surface area contributed by atoms with E-state index in [9.17, 15) is 18.4 Å². The molecule has 6 nitrogen and oxygen atoms in total. The van der Waals surface area contributed by atoms with E-state index in [1.807, 2.05) is 0 Å². The lowest BCUT2D eigenvalue weighted by atomic mass is 10.0. The number of benzene rings is 1. The second kappa shape index (κ2) is 6.50. The van der Waals surface area contributed by atoms with Gasteiger partial charge in [-0.3, -0.25) is 9.59 Å². The van der Waals surface area contributed by atoms with Gasteiger partial charge < -0.3 is 10.3 Å². The van der Waals surface area contributed by atoms with Gasteiger partial charge in [-0.15, -0.1) is 0 Å². The van der Waals surface area contributed by atoms with Gasteiger partial charge in [-0.25, -0.2) is 19.6 Å². The summed E-state index contributed by atoms with van der Waals surface area (Å²) in [6.45, 7) is 1.40. The normalized spacial score (nSPS) is 20.1. The van der Waals surface area contributed by atoms with Gasteiger partial charge in [0.25, 0.3) is 5.91 Å². The van der Waals surface area contributed by atoms with Gasteiger partial charge in [0.2, 0.25) is 0 Å². The molecule has 0 saturated carbocycles. The van der Waals surface area contributed by atoms with Crippen LogP contribution in [-0.2, 0) is 0 Å². The molecule has 8 heteroatoms. The summed E-state index contributed by atoms with van der Waals surface area (Å²) >= 11 is 0. The highest BCUT2D eigenvalue weighted by Crippen LogP contribution is 2.26. The monoisotopic (exact) mass is 334 g/mol. The molecular formula is C16H16F2N4O2. The Morgan fingerprint density at radius 3 is 2.54 bits per heavy atom. The molecule has 3 rings (SSSR count). The number of hydrogen-bond acceptors (Lipinski definition) is 4. The first-order valence-electron chi connectivity index (χ1n) is 7.41. The van der Waals surface area contributed by atoms with Crippen molar-refractivity contribution in [1.82, 2.24) is 21.2 Å². The SMILES string of the molecule is CC(=O)c1c[nH]c(C(=O)NC2CC(c3c(F)cccc3F)NN2)c1. The Balaban J connectivity index is 1.65. The van der Waals surface area contributed by atoms with E-state index < -0.39 is 29.7 Å². The largest absolute Gasteiger partial charge is 0.356 e. The van der Waals surface area contributed by atoms with Crippen LogP contribution in [0.15, 0.2) is 30.5 Å². The quantitative estimate of drug-likeness (QED) is 0.642. The third kappa shape index (κ3) is 3.19. The molecule has 0 radical (unpaired) electrons. The molecule has 0 aliphatic carbocycles. The maximum absolute atomic E-state index is 13.8. The maximum atomic E-state index is 13.8. The van der Waals surface area contributed by atoms with Gasteiger partial charge in [0.05, 0.1) is 12.2 Å². The first-order chi connectivity index (χ1) is 11.5. The molecule has 126 valence electrons. The smallest absolute Gasteiger partial charge is 0.268 e. The molecule has 1 aliphatic rings. The van der Waals surface area contributed by atoms with Crippen LogP contribution in [0, 0.1) is 11.6 Å². The highest BCUT2D eigenvalue weighted by molar-refractivity contribution is 5.99. The average molecular weight is 334 g/mol. The second-order valence-corrected chi connectivity index (χ2v) is 5.60. The number of nitrogens with one attached hydrogen (secondary N) is 4. The Morgan fingerprint density at radius 1 is 1.21 bits per heavy atom. The number of Topliss-reactive ketones (excluding diaryl/α,β-unsaturated/α-hetero) is 1. The first-order valence-corrected chi connectivity index (χ1v) is 7.41. The van der Waals surface area contributed by atoms with Crippen molar-refractivity contribution in [2.45, 2.75) is 25.6 Å². The van der Waals surface area contributed by atoms with E-state index in [1.165, 1.54) is 37.4 Å². The molecule has 4 N–H and O–H groups in total. The van der Waals surface area contributed by atoms with E-state index >= 15 is 0 Å². The standard InChI is InChI=1S/C16H16F2N4O2/c1-8(23)9-5-13(19-7-9)16(24)20-14-6-12(21-22-14)15-10(17)3-2-4-11(15)18/h2-5,7,12,14,19,21-22H,6H2,1H3,(H,20,24). The van der Waals surface area contributed by atoms with Crippen molar-refractivity contribution < 1.29 is 18.4 Å². The molecule has 2 unspecified atom stereocenters. The van der Waals surface area contributed by atoms with Gasteiger partial charge >= 0.3 is 0 Å². The zero-order chi connectivity index (χ0) is 17.3. The fourth-order valence-electron chi connectivity index (χ4n) is 2.65. The van der Waals surface area contributed by atoms with Crippen LogP contribution in [0.5, 0.6) is 0 Å². The van der Waals surface area contributed by atoms with Crippen LogP contribution < -0.4 is 16.2 Å². The number of carbonyl (C=O) groups excluding carboxylic acids is 2. The molecular weight excluding hydrogens is 318 g/mol. The van der Waals surface area contributed by atoms with Crippen LogP contribution in [0.3, 0.4) is 0 Å². The summed E-state index contributed by atoms with van der Waals surface area (Å²) in [6.07, 6.45) is 1.21. The number of hydrazine groups is 1. The molecule has 1 amide bonds. The van der Waals surface area contributed by atoms with Crippen molar-refractivity contribution in [3.8, 4) is 0 Å². The Kier molecular flexibility index (Phi) is 4.41. The Bertz CT molecular complexity index is 770. The third-order valence-electron chi connectivity index (χ3n) is 3.89. The second-order valence-electron chi connectivity index (χ2n) is 5.60. The lowest BCUT2D eigenvalue weighted by Crippen LogP contribution is -2.44. The summed E-state index contributed by atoms with van der Waals surface area (Å²) in [4.78, 5) is 26.1. The molecule has 1 aliphatic heterocycles. The van der Waals surface area contributed by atoms with Crippen LogP contribution in [0.2, 0.25) is 0 Å². The zero-order valence-corrected chi connectivity index (χ0v) is 12.8. The average Bonchev–Trinajstić information content (AvgIpc) is 3.16. The minimum absolute atomic E-state index is 0.0690. The molecule has 2 aromatic rings. The van der Waals surface area contributed by atoms with E-state index in [0.29, 0.717) is 5.56 Å². The minimum Gasteiger partial charge on any atom is -0.356 e. The van der Waals surface area contributed by atoms with Crippen LogP contribution in [-0.4, -0.2) is 22.8 Å². The number of hydrogen-bond donors (Lipinski definition) is 4. The Morgan fingerprint density at radius 2 is 1.92 bits per heavy atom. The minimum atomic E-state index is -0.642. The molecule has 1 saturated heterocycles. The topological polar surface area (TPSA) is 86.0 Å².